The molecule has 0 radical (unpaired) electrons. The van der Waals surface area contributed by atoms with Crippen LogP contribution in [0.15, 0.2) is 53.6 Å². The standard InChI is InChI=1S/C13H13NS/c1-11-13(8-5-9-14-11)15-10-12-6-3-2-4-7-12/h2-9H,10H2,1H3. The Morgan fingerprint density at radius 1 is 1.07 bits per heavy atom. The van der Waals surface area contributed by atoms with Crippen LogP contribution in [0.3, 0.4) is 0 Å². The second-order valence-electron chi connectivity index (χ2n) is 3.36. The second kappa shape index (κ2) is 4.99. The highest BCUT2D eigenvalue weighted by atomic mass is 32.2. The van der Waals surface area contributed by atoms with Crippen molar-refractivity contribution >= 4 is 11.8 Å². The predicted octanol–water partition coefficient (Wildman–Crippen LogP) is 3.68. The zero-order chi connectivity index (χ0) is 10.5. The molecule has 0 saturated heterocycles. The number of benzene rings is 1. The fourth-order valence-electron chi connectivity index (χ4n) is 1.36. The second-order valence-corrected chi connectivity index (χ2v) is 4.38. The van der Waals surface area contributed by atoms with Crippen LogP contribution in [0.4, 0.5) is 0 Å². The van der Waals surface area contributed by atoms with E-state index in [1.54, 1.807) is 0 Å². The highest BCUT2D eigenvalue weighted by molar-refractivity contribution is 7.98. The third-order valence-corrected chi connectivity index (χ3v) is 3.42. The smallest absolute Gasteiger partial charge is 0.0508 e. The van der Waals surface area contributed by atoms with Crippen molar-refractivity contribution in [2.75, 3.05) is 0 Å². The van der Waals surface area contributed by atoms with E-state index < -0.39 is 0 Å². The van der Waals surface area contributed by atoms with Gasteiger partial charge in [0.05, 0.1) is 5.69 Å². The summed E-state index contributed by atoms with van der Waals surface area (Å²) in [6.45, 7) is 2.05. The van der Waals surface area contributed by atoms with Crippen LogP contribution in [0, 0.1) is 6.92 Å². The number of aryl methyl sites for hydroxylation is 1. The van der Waals surface area contributed by atoms with Crippen molar-refractivity contribution in [1.29, 1.82) is 0 Å². The summed E-state index contributed by atoms with van der Waals surface area (Å²) in [6.07, 6.45) is 1.84. The summed E-state index contributed by atoms with van der Waals surface area (Å²) in [4.78, 5) is 5.54. The summed E-state index contributed by atoms with van der Waals surface area (Å²) in [5.41, 5.74) is 2.46. The van der Waals surface area contributed by atoms with E-state index in [0.29, 0.717) is 0 Å². The Labute approximate surface area is 94.6 Å². The molecule has 0 fully saturated rings. The van der Waals surface area contributed by atoms with Gasteiger partial charge in [0.2, 0.25) is 0 Å². The van der Waals surface area contributed by atoms with Gasteiger partial charge in [-0.05, 0) is 24.6 Å². The van der Waals surface area contributed by atoms with Crippen molar-refractivity contribution in [2.24, 2.45) is 0 Å². The lowest BCUT2D eigenvalue weighted by molar-refractivity contribution is 1.11. The van der Waals surface area contributed by atoms with Gasteiger partial charge in [0, 0.05) is 16.8 Å². The number of hydrogen-bond acceptors (Lipinski definition) is 2. The van der Waals surface area contributed by atoms with Crippen LogP contribution < -0.4 is 0 Å². The number of pyridine rings is 1. The van der Waals surface area contributed by atoms with Gasteiger partial charge in [-0.25, -0.2) is 0 Å². The lowest BCUT2D eigenvalue weighted by Crippen LogP contribution is -1.85. The molecule has 0 aliphatic rings. The summed E-state index contributed by atoms with van der Waals surface area (Å²) in [7, 11) is 0. The van der Waals surface area contributed by atoms with E-state index in [1.165, 1.54) is 10.5 Å². The van der Waals surface area contributed by atoms with E-state index in [1.807, 2.05) is 37.0 Å². The van der Waals surface area contributed by atoms with E-state index in [2.05, 4.69) is 35.3 Å². The number of nitrogens with zero attached hydrogens (tertiary/aromatic N) is 1. The Morgan fingerprint density at radius 2 is 1.87 bits per heavy atom. The monoisotopic (exact) mass is 215 g/mol. The number of hydrogen-bond donors (Lipinski definition) is 0. The van der Waals surface area contributed by atoms with Crippen LogP contribution in [0.1, 0.15) is 11.3 Å². The fraction of sp³-hybridized carbons (Fsp3) is 0.154. The maximum absolute atomic E-state index is 4.27. The molecule has 76 valence electrons. The Balaban J connectivity index is 2.03. The average Bonchev–Trinajstić information content (AvgIpc) is 2.29. The predicted molar refractivity (Wildman–Crippen MR) is 65.0 cm³/mol. The zero-order valence-electron chi connectivity index (χ0n) is 8.68. The lowest BCUT2D eigenvalue weighted by Gasteiger charge is -2.03. The summed E-state index contributed by atoms with van der Waals surface area (Å²) in [6, 6.07) is 14.6. The Kier molecular flexibility index (Phi) is 3.41. The molecule has 0 amide bonds. The summed E-state index contributed by atoms with van der Waals surface area (Å²) in [5, 5.41) is 0. The largest absolute Gasteiger partial charge is 0.260 e. The maximum Gasteiger partial charge on any atom is 0.0508 e. The summed E-state index contributed by atoms with van der Waals surface area (Å²) < 4.78 is 0. The average molecular weight is 215 g/mol. The molecule has 0 spiro atoms. The highest BCUT2D eigenvalue weighted by Crippen LogP contribution is 2.24. The van der Waals surface area contributed by atoms with Crippen molar-refractivity contribution in [3.8, 4) is 0 Å². The minimum absolute atomic E-state index is 1.01. The molecule has 1 aromatic carbocycles. The summed E-state index contributed by atoms with van der Waals surface area (Å²) in [5.74, 6) is 1.01. The van der Waals surface area contributed by atoms with Crippen LogP contribution in [0.2, 0.25) is 0 Å². The third-order valence-electron chi connectivity index (χ3n) is 2.20. The first kappa shape index (κ1) is 10.2. The molecule has 1 aromatic heterocycles. The Hall–Kier alpha value is -1.28. The molecule has 15 heavy (non-hydrogen) atoms. The van der Waals surface area contributed by atoms with Crippen LogP contribution in [-0.2, 0) is 5.75 Å². The van der Waals surface area contributed by atoms with Gasteiger partial charge < -0.3 is 0 Å². The van der Waals surface area contributed by atoms with E-state index in [9.17, 15) is 0 Å². The van der Waals surface area contributed by atoms with Crippen molar-refractivity contribution in [2.45, 2.75) is 17.6 Å². The molecular weight excluding hydrogens is 202 g/mol. The highest BCUT2D eigenvalue weighted by Gasteiger charge is 1.99. The van der Waals surface area contributed by atoms with Crippen LogP contribution >= 0.6 is 11.8 Å². The fourth-order valence-corrected chi connectivity index (χ4v) is 2.31. The molecule has 0 aliphatic carbocycles. The van der Waals surface area contributed by atoms with Gasteiger partial charge >= 0.3 is 0 Å². The van der Waals surface area contributed by atoms with Crippen molar-refractivity contribution in [3.63, 3.8) is 0 Å². The Bertz CT molecular complexity index is 426. The molecule has 1 heterocycles. The SMILES string of the molecule is Cc1ncccc1SCc1ccccc1. The molecule has 0 aliphatic heterocycles. The minimum Gasteiger partial charge on any atom is -0.260 e. The van der Waals surface area contributed by atoms with Gasteiger partial charge in [0.25, 0.3) is 0 Å². The molecule has 2 heteroatoms. The number of aromatic nitrogens is 1. The zero-order valence-corrected chi connectivity index (χ0v) is 9.50. The molecule has 0 unspecified atom stereocenters. The molecule has 0 saturated carbocycles. The van der Waals surface area contributed by atoms with E-state index in [0.717, 1.165) is 11.4 Å². The third kappa shape index (κ3) is 2.83. The van der Waals surface area contributed by atoms with E-state index in [-0.39, 0.29) is 0 Å². The molecular formula is C13H13NS. The van der Waals surface area contributed by atoms with Crippen LogP contribution in [0.5, 0.6) is 0 Å². The van der Waals surface area contributed by atoms with Gasteiger partial charge in [-0.2, -0.15) is 0 Å². The van der Waals surface area contributed by atoms with E-state index in [4.69, 9.17) is 0 Å². The van der Waals surface area contributed by atoms with Gasteiger partial charge in [0.1, 0.15) is 0 Å². The molecule has 0 bridgehead atoms. The maximum atomic E-state index is 4.27. The minimum atomic E-state index is 1.01. The quantitative estimate of drug-likeness (QED) is 0.724. The van der Waals surface area contributed by atoms with Gasteiger partial charge in [-0.15, -0.1) is 11.8 Å². The van der Waals surface area contributed by atoms with Crippen LogP contribution in [-0.4, -0.2) is 4.98 Å². The van der Waals surface area contributed by atoms with Gasteiger partial charge in [-0.1, -0.05) is 30.3 Å². The summed E-state index contributed by atoms with van der Waals surface area (Å²) >= 11 is 1.84. The van der Waals surface area contributed by atoms with Gasteiger partial charge in [-0.3, -0.25) is 4.98 Å². The van der Waals surface area contributed by atoms with Crippen LogP contribution in [0.25, 0.3) is 0 Å². The van der Waals surface area contributed by atoms with Crippen molar-refractivity contribution in [1.82, 2.24) is 4.98 Å². The molecule has 1 nitrogen and oxygen atoms in total. The number of thioether (sulfide) groups is 1. The molecule has 0 atom stereocenters. The topological polar surface area (TPSA) is 12.9 Å². The lowest BCUT2D eigenvalue weighted by atomic mass is 10.2. The first-order chi connectivity index (χ1) is 7.36. The first-order valence-corrected chi connectivity index (χ1v) is 5.93. The van der Waals surface area contributed by atoms with E-state index >= 15 is 0 Å². The van der Waals surface area contributed by atoms with Crippen molar-refractivity contribution < 1.29 is 0 Å². The molecule has 2 rings (SSSR count). The molecule has 0 N–H and O–H groups in total. The normalized spacial score (nSPS) is 10.2. The number of rotatable bonds is 3. The van der Waals surface area contributed by atoms with Crippen molar-refractivity contribution in [3.05, 3.63) is 59.9 Å². The Morgan fingerprint density at radius 3 is 2.60 bits per heavy atom. The first-order valence-electron chi connectivity index (χ1n) is 4.94. The molecule has 2 aromatic rings. The van der Waals surface area contributed by atoms with Gasteiger partial charge in [0.15, 0.2) is 0 Å².